The number of nitrogens with zero attached hydrogens (tertiary/aromatic N) is 2. The molecular formula is C17H22N2O2S. The summed E-state index contributed by atoms with van der Waals surface area (Å²) in [6.07, 6.45) is 0.832. The van der Waals surface area contributed by atoms with E-state index in [2.05, 4.69) is 13.8 Å². The highest BCUT2D eigenvalue weighted by molar-refractivity contribution is 8.00. The molecule has 0 spiro atoms. The van der Waals surface area contributed by atoms with Crippen molar-refractivity contribution in [2.24, 2.45) is 0 Å². The first-order valence-corrected chi connectivity index (χ1v) is 8.75. The van der Waals surface area contributed by atoms with E-state index >= 15 is 0 Å². The SMILES string of the molecule is CC(=O)N1CCc2cc(C(=O)N3C[C@H](C)S[C@@H](C)C3)ccc21. The molecule has 0 N–H and O–H groups in total. The van der Waals surface area contributed by atoms with Crippen LogP contribution in [-0.2, 0) is 11.2 Å². The number of hydrogen-bond acceptors (Lipinski definition) is 3. The molecule has 2 atom stereocenters. The third-order valence-electron chi connectivity index (χ3n) is 4.31. The Balaban J connectivity index is 1.81. The number of carbonyl (C=O) groups is 2. The summed E-state index contributed by atoms with van der Waals surface area (Å²) in [6.45, 7) is 8.27. The topological polar surface area (TPSA) is 40.6 Å². The summed E-state index contributed by atoms with van der Waals surface area (Å²) >= 11 is 1.94. The molecule has 3 rings (SSSR count). The molecule has 4 nitrogen and oxygen atoms in total. The fourth-order valence-corrected chi connectivity index (χ4v) is 4.71. The molecule has 0 bridgehead atoms. The highest BCUT2D eigenvalue weighted by Crippen LogP contribution is 2.30. The molecule has 1 fully saturated rings. The normalized spacial score (nSPS) is 24.3. The zero-order chi connectivity index (χ0) is 15.9. The lowest BCUT2D eigenvalue weighted by Crippen LogP contribution is -2.44. The lowest BCUT2D eigenvalue weighted by atomic mass is 10.1. The molecule has 2 amide bonds. The Hall–Kier alpha value is -1.49. The maximum absolute atomic E-state index is 12.7. The van der Waals surface area contributed by atoms with Gasteiger partial charge in [0.15, 0.2) is 0 Å². The molecule has 2 aliphatic heterocycles. The van der Waals surface area contributed by atoms with Crippen molar-refractivity contribution in [3.63, 3.8) is 0 Å². The molecule has 2 heterocycles. The molecule has 5 heteroatoms. The Kier molecular flexibility index (Phi) is 4.17. The number of hydrogen-bond donors (Lipinski definition) is 0. The van der Waals surface area contributed by atoms with Gasteiger partial charge in [0, 0.05) is 48.3 Å². The minimum absolute atomic E-state index is 0.0635. The van der Waals surface area contributed by atoms with Crippen molar-refractivity contribution in [2.45, 2.75) is 37.7 Å². The number of benzene rings is 1. The van der Waals surface area contributed by atoms with Crippen molar-refractivity contribution in [3.8, 4) is 0 Å². The maximum atomic E-state index is 12.7. The molecule has 0 saturated carbocycles. The van der Waals surface area contributed by atoms with E-state index in [-0.39, 0.29) is 11.8 Å². The van der Waals surface area contributed by atoms with Crippen LogP contribution in [0, 0.1) is 0 Å². The summed E-state index contributed by atoms with van der Waals surface area (Å²) in [7, 11) is 0. The third kappa shape index (κ3) is 2.86. The van der Waals surface area contributed by atoms with Crippen LogP contribution in [0.1, 0.15) is 36.7 Å². The largest absolute Gasteiger partial charge is 0.336 e. The average molecular weight is 318 g/mol. The second-order valence-electron chi connectivity index (χ2n) is 6.23. The van der Waals surface area contributed by atoms with E-state index in [0.29, 0.717) is 10.5 Å². The van der Waals surface area contributed by atoms with Gasteiger partial charge in [0.1, 0.15) is 0 Å². The van der Waals surface area contributed by atoms with Gasteiger partial charge >= 0.3 is 0 Å². The molecule has 118 valence electrons. The van der Waals surface area contributed by atoms with Gasteiger partial charge in [-0.25, -0.2) is 0 Å². The lowest BCUT2D eigenvalue weighted by Gasteiger charge is -2.34. The van der Waals surface area contributed by atoms with Crippen LogP contribution in [0.5, 0.6) is 0 Å². The smallest absolute Gasteiger partial charge is 0.253 e. The molecule has 1 saturated heterocycles. The van der Waals surface area contributed by atoms with Crippen LogP contribution < -0.4 is 4.90 Å². The van der Waals surface area contributed by atoms with Gasteiger partial charge in [-0.2, -0.15) is 11.8 Å². The Morgan fingerprint density at radius 2 is 1.86 bits per heavy atom. The summed E-state index contributed by atoms with van der Waals surface area (Å²) in [5, 5.41) is 0.964. The van der Waals surface area contributed by atoms with Crippen molar-refractivity contribution in [1.82, 2.24) is 4.90 Å². The second kappa shape index (κ2) is 5.95. The van der Waals surface area contributed by atoms with Crippen molar-refractivity contribution >= 4 is 29.3 Å². The predicted octanol–water partition coefficient (Wildman–Crippen LogP) is 2.56. The standard InChI is InChI=1S/C17H22N2O2S/c1-11-9-18(10-12(2)22-11)17(21)15-4-5-16-14(8-15)6-7-19(16)13(3)20/h4-5,8,11-12H,6-7,9-10H2,1-3H3/t11-,12-/m0/s1. The van der Waals surface area contributed by atoms with Gasteiger partial charge in [-0.05, 0) is 30.2 Å². The minimum atomic E-state index is 0.0635. The summed E-state index contributed by atoms with van der Waals surface area (Å²) in [6, 6.07) is 5.75. The number of rotatable bonds is 1. The van der Waals surface area contributed by atoms with Crippen LogP contribution in [0.25, 0.3) is 0 Å². The predicted molar refractivity (Wildman–Crippen MR) is 90.6 cm³/mol. The van der Waals surface area contributed by atoms with E-state index in [1.807, 2.05) is 34.9 Å². The number of fused-ring (bicyclic) bond motifs is 1. The zero-order valence-electron chi connectivity index (χ0n) is 13.3. The van der Waals surface area contributed by atoms with Crippen LogP contribution >= 0.6 is 11.8 Å². The number of thioether (sulfide) groups is 1. The summed E-state index contributed by atoms with van der Waals surface area (Å²) in [4.78, 5) is 28.1. The lowest BCUT2D eigenvalue weighted by molar-refractivity contribution is -0.116. The molecule has 22 heavy (non-hydrogen) atoms. The van der Waals surface area contributed by atoms with E-state index < -0.39 is 0 Å². The van der Waals surface area contributed by atoms with Crippen molar-refractivity contribution in [2.75, 3.05) is 24.5 Å². The van der Waals surface area contributed by atoms with Gasteiger partial charge in [0.25, 0.3) is 5.91 Å². The summed E-state index contributed by atoms with van der Waals surface area (Å²) in [5.74, 6) is 0.177. The monoisotopic (exact) mass is 318 g/mol. The van der Waals surface area contributed by atoms with E-state index in [0.717, 1.165) is 42.9 Å². The second-order valence-corrected chi connectivity index (χ2v) is 8.11. The van der Waals surface area contributed by atoms with E-state index in [4.69, 9.17) is 0 Å². The highest BCUT2D eigenvalue weighted by Gasteiger charge is 2.28. The van der Waals surface area contributed by atoms with Gasteiger partial charge in [0.05, 0.1) is 0 Å². The van der Waals surface area contributed by atoms with E-state index in [1.54, 1.807) is 11.8 Å². The first-order valence-electron chi connectivity index (χ1n) is 7.81. The third-order valence-corrected chi connectivity index (χ3v) is 5.54. The Morgan fingerprint density at radius 1 is 1.18 bits per heavy atom. The van der Waals surface area contributed by atoms with Gasteiger partial charge < -0.3 is 9.80 Å². The van der Waals surface area contributed by atoms with Crippen molar-refractivity contribution in [1.29, 1.82) is 0 Å². The average Bonchev–Trinajstić information content (AvgIpc) is 2.88. The van der Waals surface area contributed by atoms with Crippen LogP contribution in [0.4, 0.5) is 5.69 Å². The number of amides is 2. The first kappa shape index (κ1) is 15.4. The zero-order valence-corrected chi connectivity index (χ0v) is 14.2. The van der Waals surface area contributed by atoms with Gasteiger partial charge in [-0.1, -0.05) is 13.8 Å². The Morgan fingerprint density at radius 3 is 2.50 bits per heavy atom. The Bertz CT molecular complexity index is 607. The Labute approximate surface area is 135 Å². The molecule has 0 unspecified atom stereocenters. The van der Waals surface area contributed by atoms with E-state index in [1.165, 1.54) is 0 Å². The summed E-state index contributed by atoms with van der Waals surface area (Å²) < 4.78 is 0. The van der Waals surface area contributed by atoms with Gasteiger partial charge in [0.2, 0.25) is 5.91 Å². The quantitative estimate of drug-likeness (QED) is 0.799. The number of anilines is 1. The van der Waals surface area contributed by atoms with Crippen molar-refractivity contribution < 1.29 is 9.59 Å². The maximum Gasteiger partial charge on any atom is 0.253 e. The van der Waals surface area contributed by atoms with E-state index in [9.17, 15) is 9.59 Å². The molecule has 0 aliphatic carbocycles. The van der Waals surface area contributed by atoms with Gasteiger partial charge in [-0.3, -0.25) is 9.59 Å². The highest BCUT2D eigenvalue weighted by atomic mass is 32.2. The molecule has 1 aromatic rings. The first-order chi connectivity index (χ1) is 10.5. The van der Waals surface area contributed by atoms with Gasteiger partial charge in [-0.15, -0.1) is 0 Å². The molecule has 0 aromatic heterocycles. The number of carbonyl (C=O) groups excluding carboxylic acids is 2. The van der Waals surface area contributed by atoms with Crippen LogP contribution in [0.3, 0.4) is 0 Å². The molecule has 2 aliphatic rings. The molecule has 0 radical (unpaired) electrons. The van der Waals surface area contributed by atoms with Crippen LogP contribution in [0.2, 0.25) is 0 Å². The summed E-state index contributed by atoms with van der Waals surface area (Å²) in [5.41, 5.74) is 2.81. The van der Waals surface area contributed by atoms with Crippen LogP contribution in [0.15, 0.2) is 18.2 Å². The van der Waals surface area contributed by atoms with Crippen molar-refractivity contribution in [3.05, 3.63) is 29.3 Å². The van der Waals surface area contributed by atoms with Crippen LogP contribution in [-0.4, -0.2) is 46.8 Å². The molecular weight excluding hydrogens is 296 g/mol. The molecule has 1 aromatic carbocycles. The fraction of sp³-hybridized carbons (Fsp3) is 0.529. The fourth-order valence-electron chi connectivity index (χ4n) is 3.39. The minimum Gasteiger partial charge on any atom is -0.336 e.